The van der Waals surface area contributed by atoms with E-state index in [4.69, 9.17) is 0 Å². The molecule has 8 heteroatoms. The summed E-state index contributed by atoms with van der Waals surface area (Å²) in [5.41, 5.74) is 1.60. The first-order valence-corrected chi connectivity index (χ1v) is 9.60. The quantitative estimate of drug-likeness (QED) is 0.821. The molecule has 0 saturated heterocycles. The summed E-state index contributed by atoms with van der Waals surface area (Å²) in [6.07, 6.45) is 5.92. The second-order valence-corrected chi connectivity index (χ2v) is 8.63. The van der Waals surface area contributed by atoms with Gasteiger partial charge < -0.3 is 9.47 Å². The zero-order valence-electron chi connectivity index (χ0n) is 14.5. The Hall–Kier alpha value is -2.35. The lowest BCUT2D eigenvalue weighted by atomic mass is 10.00. The molecule has 0 fully saturated rings. The number of hydrogen-bond acceptors (Lipinski definition) is 4. The minimum Gasteiger partial charge on any atom is -0.348 e. The van der Waals surface area contributed by atoms with E-state index in [0.717, 1.165) is 5.56 Å². The second-order valence-electron chi connectivity index (χ2n) is 6.45. The summed E-state index contributed by atoms with van der Waals surface area (Å²) in [4.78, 5) is 17.6. The van der Waals surface area contributed by atoms with Crippen LogP contribution < -0.4 is 4.31 Å². The van der Waals surface area contributed by atoms with Crippen LogP contribution >= 0.6 is 0 Å². The van der Waals surface area contributed by atoms with Crippen molar-refractivity contribution in [2.75, 3.05) is 24.9 Å². The first-order chi connectivity index (χ1) is 11.8. The summed E-state index contributed by atoms with van der Waals surface area (Å²) in [5.74, 6) is -0.428. The number of sulfonamides is 1. The molecule has 0 bridgehead atoms. The number of benzene rings is 1. The molecule has 0 aliphatic carbocycles. The second kappa shape index (κ2) is 6.51. The van der Waals surface area contributed by atoms with Crippen LogP contribution in [0.3, 0.4) is 0 Å². The van der Waals surface area contributed by atoms with Crippen molar-refractivity contribution >= 4 is 21.6 Å². The fourth-order valence-electron chi connectivity index (χ4n) is 3.14. The highest BCUT2D eigenvalue weighted by Crippen LogP contribution is 2.34. The van der Waals surface area contributed by atoms with Crippen molar-refractivity contribution in [3.63, 3.8) is 0 Å². The van der Waals surface area contributed by atoms with Gasteiger partial charge in [-0.05, 0) is 25.0 Å². The average Bonchev–Trinajstić information content (AvgIpc) is 3.13. The van der Waals surface area contributed by atoms with Crippen LogP contribution in [0.1, 0.15) is 18.5 Å². The molecule has 1 aliphatic rings. The number of rotatable bonds is 4. The topological polar surface area (TPSA) is 75.5 Å². The molecule has 2 atom stereocenters. The number of nitrogens with zero attached hydrogens (tertiary/aromatic N) is 4. The lowest BCUT2D eigenvalue weighted by molar-refractivity contribution is -0.127. The Labute approximate surface area is 147 Å². The van der Waals surface area contributed by atoms with Gasteiger partial charge in [0.2, 0.25) is 15.9 Å². The summed E-state index contributed by atoms with van der Waals surface area (Å²) in [7, 11) is -0.711. The molecule has 0 spiro atoms. The molecular weight excluding hydrogens is 340 g/mol. The Morgan fingerprint density at radius 3 is 2.68 bits per heavy atom. The van der Waals surface area contributed by atoms with Gasteiger partial charge in [-0.3, -0.25) is 9.10 Å². The van der Waals surface area contributed by atoms with Crippen LogP contribution in [0, 0.1) is 0 Å². The number of amides is 1. The maximum atomic E-state index is 13.2. The standard InChI is InChI=1S/C17H22N4O3S/c1-13(17(22)19(2)3)25(23,24)21-11-15(20-9-8-18-12-20)10-14-6-4-5-7-16(14)21/h4-9,12-13,15H,10-11H2,1-3H3. The number of aromatic nitrogens is 2. The van der Waals surface area contributed by atoms with Gasteiger partial charge in [-0.25, -0.2) is 13.4 Å². The Morgan fingerprint density at radius 1 is 1.32 bits per heavy atom. The Bertz CT molecular complexity index is 862. The third-order valence-corrected chi connectivity index (χ3v) is 6.64. The number of anilines is 1. The maximum absolute atomic E-state index is 13.2. The molecule has 2 unspecified atom stereocenters. The number of hydrogen-bond donors (Lipinski definition) is 0. The van der Waals surface area contributed by atoms with Crippen LogP contribution in [-0.4, -0.2) is 54.7 Å². The summed E-state index contributed by atoms with van der Waals surface area (Å²) >= 11 is 0. The molecule has 1 aromatic carbocycles. The number of carbonyl (C=O) groups is 1. The fraction of sp³-hybridized carbons (Fsp3) is 0.412. The maximum Gasteiger partial charge on any atom is 0.246 e. The van der Waals surface area contributed by atoms with Gasteiger partial charge in [-0.1, -0.05) is 18.2 Å². The van der Waals surface area contributed by atoms with Gasteiger partial charge in [-0.15, -0.1) is 0 Å². The molecule has 0 N–H and O–H groups in total. The van der Waals surface area contributed by atoms with Crippen LogP contribution in [0.15, 0.2) is 43.0 Å². The molecule has 0 radical (unpaired) electrons. The molecule has 25 heavy (non-hydrogen) atoms. The summed E-state index contributed by atoms with van der Waals surface area (Å²) in [5, 5.41) is -1.14. The molecule has 1 amide bonds. The first-order valence-electron chi connectivity index (χ1n) is 8.10. The van der Waals surface area contributed by atoms with Crippen molar-refractivity contribution in [3.05, 3.63) is 48.5 Å². The Morgan fingerprint density at radius 2 is 2.04 bits per heavy atom. The van der Waals surface area contributed by atoms with Crippen LogP contribution in [0.5, 0.6) is 0 Å². The minimum absolute atomic E-state index is 0.0613. The third-order valence-electron chi connectivity index (χ3n) is 4.58. The fourth-order valence-corrected chi connectivity index (χ4v) is 4.82. The van der Waals surface area contributed by atoms with Crippen LogP contribution in [0.2, 0.25) is 0 Å². The SMILES string of the molecule is CC(C(=O)N(C)C)S(=O)(=O)N1CC(n2ccnc2)Cc2ccccc21. The van der Waals surface area contributed by atoms with E-state index in [9.17, 15) is 13.2 Å². The van der Waals surface area contributed by atoms with E-state index in [1.54, 1.807) is 32.7 Å². The van der Waals surface area contributed by atoms with Crippen LogP contribution in [0.4, 0.5) is 5.69 Å². The summed E-state index contributed by atoms with van der Waals surface area (Å²) < 4.78 is 29.6. The van der Waals surface area contributed by atoms with Crippen molar-refractivity contribution in [1.82, 2.24) is 14.5 Å². The van der Waals surface area contributed by atoms with Crippen molar-refractivity contribution in [3.8, 4) is 0 Å². The predicted molar refractivity (Wildman–Crippen MR) is 95.8 cm³/mol. The normalized spacial score (nSPS) is 18.5. The van der Waals surface area contributed by atoms with Gasteiger partial charge in [0.05, 0.1) is 24.6 Å². The summed E-state index contributed by atoms with van der Waals surface area (Å²) in [6, 6.07) is 7.38. The van der Waals surface area contributed by atoms with Crippen molar-refractivity contribution in [2.24, 2.45) is 0 Å². The molecule has 134 valence electrons. The van der Waals surface area contributed by atoms with Crippen molar-refractivity contribution in [2.45, 2.75) is 24.6 Å². The van der Waals surface area contributed by atoms with Gasteiger partial charge >= 0.3 is 0 Å². The molecule has 7 nitrogen and oxygen atoms in total. The number of fused-ring (bicyclic) bond motifs is 1. The third kappa shape index (κ3) is 3.13. The highest BCUT2D eigenvalue weighted by Gasteiger charge is 2.39. The van der Waals surface area contributed by atoms with Crippen molar-refractivity contribution in [1.29, 1.82) is 0 Å². The minimum atomic E-state index is -3.84. The van der Waals surface area contributed by atoms with Gasteiger partial charge in [0.25, 0.3) is 0 Å². The highest BCUT2D eigenvalue weighted by atomic mass is 32.2. The zero-order valence-corrected chi connectivity index (χ0v) is 15.3. The lowest BCUT2D eigenvalue weighted by Gasteiger charge is -2.37. The van der Waals surface area contributed by atoms with E-state index in [1.165, 1.54) is 16.1 Å². The van der Waals surface area contributed by atoms with E-state index in [-0.39, 0.29) is 12.6 Å². The Kier molecular flexibility index (Phi) is 4.55. The smallest absolute Gasteiger partial charge is 0.246 e. The van der Waals surface area contributed by atoms with E-state index in [0.29, 0.717) is 12.1 Å². The van der Waals surface area contributed by atoms with Gasteiger partial charge in [0.15, 0.2) is 5.25 Å². The lowest BCUT2D eigenvalue weighted by Crippen LogP contribution is -2.48. The highest BCUT2D eigenvalue weighted by molar-refractivity contribution is 7.94. The van der Waals surface area contributed by atoms with Crippen molar-refractivity contribution < 1.29 is 13.2 Å². The summed E-state index contributed by atoms with van der Waals surface area (Å²) in [6.45, 7) is 1.72. The van der Waals surface area contributed by atoms with Gasteiger partial charge in [-0.2, -0.15) is 0 Å². The largest absolute Gasteiger partial charge is 0.348 e. The monoisotopic (exact) mass is 362 g/mol. The molecule has 0 saturated carbocycles. The zero-order chi connectivity index (χ0) is 18.2. The predicted octanol–water partition coefficient (Wildman–Crippen LogP) is 1.29. The number of carbonyl (C=O) groups excluding carboxylic acids is 1. The molecular formula is C17H22N4O3S. The average molecular weight is 362 g/mol. The Balaban J connectivity index is 2.03. The molecule has 2 aromatic rings. The van der Waals surface area contributed by atoms with Crippen LogP contribution in [0.25, 0.3) is 0 Å². The molecule has 2 heterocycles. The molecule has 1 aromatic heterocycles. The number of para-hydroxylation sites is 1. The van der Waals surface area contributed by atoms with E-state index >= 15 is 0 Å². The van der Waals surface area contributed by atoms with Gasteiger partial charge in [0, 0.05) is 26.5 Å². The first kappa shape index (κ1) is 17.5. The number of imidazole rings is 1. The van der Waals surface area contributed by atoms with E-state index < -0.39 is 21.2 Å². The van der Waals surface area contributed by atoms with E-state index in [2.05, 4.69) is 4.98 Å². The van der Waals surface area contributed by atoms with E-state index in [1.807, 2.05) is 29.0 Å². The van der Waals surface area contributed by atoms with Gasteiger partial charge in [0.1, 0.15) is 0 Å². The molecule has 3 rings (SSSR count). The van der Waals surface area contributed by atoms with Crippen LogP contribution in [-0.2, 0) is 21.2 Å². The molecule has 1 aliphatic heterocycles.